The van der Waals surface area contributed by atoms with E-state index in [9.17, 15) is 4.79 Å². The molecule has 0 aliphatic carbocycles. The highest BCUT2D eigenvalue weighted by Gasteiger charge is 1.99. The van der Waals surface area contributed by atoms with Crippen molar-refractivity contribution in [2.75, 3.05) is 13.7 Å². The van der Waals surface area contributed by atoms with Crippen molar-refractivity contribution in [2.45, 2.75) is 0 Å². The number of aldehydes is 1. The summed E-state index contributed by atoms with van der Waals surface area (Å²) in [6.45, 7) is 0.463. The van der Waals surface area contributed by atoms with Crippen LogP contribution < -0.4 is 10.5 Å². The van der Waals surface area contributed by atoms with Crippen molar-refractivity contribution in [3.63, 3.8) is 0 Å². The van der Waals surface area contributed by atoms with Gasteiger partial charge in [0.2, 0.25) is 0 Å². The molecule has 0 unspecified atom stereocenters. The molecule has 0 aromatic heterocycles. The van der Waals surface area contributed by atoms with Crippen molar-refractivity contribution in [2.24, 2.45) is 5.73 Å². The van der Waals surface area contributed by atoms with Gasteiger partial charge < -0.3 is 10.5 Å². The lowest BCUT2D eigenvalue weighted by Gasteiger charge is -2.02. The summed E-state index contributed by atoms with van der Waals surface area (Å²) in [5.41, 5.74) is 6.78. The number of hydrogen-bond donors (Lipinski definition) is 1. The Morgan fingerprint density at radius 2 is 2.21 bits per heavy atom. The van der Waals surface area contributed by atoms with Gasteiger partial charge in [-0.3, -0.25) is 4.79 Å². The Kier molecular flexibility index (Phi) is 3.88. The van der Waals surface area contributed by atoms with Gasteiger partial charge in [0, 0.05) is 12.1 Å². The first-order valence-corrected chi connectivity index (χ1v) is 4.31. The fraction of sp³-hybridized carbons (Fsp3) is 0.182. The largest absolute Gasteiger partial charge is 0.497 e. The highest BCUT2D eigenvalue weighted by molar-refractivity contribution is 5.82. The molecule has 0 saturated heterocycles. The number of nitrogens with two attached hydrogens (primary N) is 1. The SMILES string of the molecule is COc1ccc(/C=C/CN)c(C=O)c1. The number of benzene rings is 1. The molecule has 2 N–H and O–H groups in total. The number of carbonyl (C=O) groups excluding carboxylic acids is 1. The van der Waals surface area contributed by atoms with Crippen LogP contribution in [-0.4, -0.2) is 19.9 Å². The van der Waals surface area contributed by atoms with E-state index in [2.05, 4.69) is 0 Å². The summed E-state index contributed by atoms with van der Waals surface area (Å²) in [5, 5.41) is 0. The van der Waals surface area contributed by atoms with E-state index in [0.717, 1.165) is 11.8 Å². The second-order valence-electron chi connectivity index (χ2n) is 2.75. The van der Waals surface area contributed by atoms with Gasteiger partial charge in [-0.1, -0.05) is 18.2 Å². The van der Waals surface area contributed by atoms with Gasteiger partial charge in [-0.05, 0) is 17.7 Å². The second kappa shape index (κ2) is 5.19. The standard InChI is InChI=1S/C11H13NO2/c1-14-11-5-4-9(3-2-6-12)10(7-11)8-13/h2-5,7-8H,6,12H2,1H3/b3-2+. The average Bonchev–Trinajstić information content (AvgIpc) is 2.26. The summed E-state index contributed by atoms with van der Waals surface area (Å²) < 4.78 is 5.01. The van der Waals surface area contributed by atoms with Gasteiger partial charge in [-0.25, -0.2) is 0 Å². The van der Waals surface area contributed by atoms with Crippen molar-refractivity contribution in [1.29, 1.82) is 0 Å². The van der Waals surface area contributed by atoms with Crippen LogP contribution in [0.15, 0.2) is 24.3 Å². The minimum absolute atomic E-state index is 0.463. The van der Waals surface area contributed by atoms with Gasteiger partial charge in [0.15, 0.2) is 6.29 Å². The van der Waals surface area contributed by atoms with E-state index in [1.807, 2.05) is 18.2 Å². The van der Waals surface area contributed by atoms with Crippen molar-refractivity contribution in [1.82, 2.24) is 0 Å². The minimum atomic E-state index is 0.463. The predicted molar refractivity (Wildman–Crippen MR) is 56.5 cm³/mol. The molecule has 0 aliphatic rings. The quantitative estimate of drug-likeness (QED) is 0.733. The maximum atomic E-state index is 10.7. The fourth-order valence-corrected chi connectivity index (χ4v) is 1.13. The van der Waals surface area contributed by atoms with Crippen molar-refractivity contribution in [3.05, 3.63) is 35.4 Å². The molecule has 74 valence electrons. The first-order valence-electron chi connectivity index (χ1n) is 4.31. The number of rotatable bonds is 4. The van der Waals surface area contributed by atoms with E-state index in [1.54, 1.807) is 19.3 Å². The molecule has 3 nitrogen and oxygen atoms in total. The molecule has 0 spiro atoms. The highest BCUT2D eigenvalue weighted by atomic mass is 16.5. The van der Waals surface area contributed by atoms with Gasteiger partial charge in [0.25, 0.3) is 0 Å². The molecule has 3 heteroatoms. The molecule has 1 aromatic rings. The monoisotopic (exact) mass is 191 g/mol. The van der Waals surface area contributed by atoms with Crippen LogP contribution in [0.2, 0.25) is 0 Å². The summed E-state index contributed by atoms with van der Waals surface area (Å²) in [6.07, 6.45) is 4.43. The smallest absolute Gasteiger partial charge is 0.150 e. The van der Waals surface area contributed by atoms with Crippen LogP contribution in [0.3, 0.4) is 0 Å². The van der Waals surface area contributed by atoms with Crippen LogP contribution in [0.25, 0.3) is 6.08 Å². The van der Waals surface area contributed by atoms with Crippen LogP contribution in [0.4, 0.5) is 0 Å². The molecule has 0 heterocycles. The van der Waals surface area contributed by atoms with E-state index in [1.165, 1.54) is 0 Å². The lowest BCUT2D eigenvalue weighted by molar-refractivity contribution is 0.112. The molecule has 0 atom stereocenters. The maximum Gasteiger partial charge on any atom is 0.150 e. The zero-order valence-electron chi connectivity index (χ0n) is 8.07. The third-order valence-electron chi connectivity index (χ3n) is 1.85. The van der Waals surface area contributed by atoms with E-state index in [4.69, 9.17) is 10.5 Å². The Labute approximate surface area is 83.2 Å². The van der Waals surface area contributed by atoms with Gasteiger partial charge >= 0.3 is 0 Å². The van der Waals surface area contributed by atoms with Crippen LogP contribution in [0.1, 0.15) is 15.9 Å². The number of methoxy groups -OCH3 is 1. The predicted octanol–water partition coefficient (Wildman–Crippen LogP) is 1.48. The molecular weight excluding hydrogens is 178 g/mol. The molecular formula is C11H13NO2. The van der Waals surface area contributed by atoms with E-state index >= 15 is 0 Å². The average molecular weight is 191 g/mol. The van der Waals surface area contributed by atoms with E-state index in [-0.39, 0.29) is 0 Å². The Morgan fingerprint density at radius 3 is 2.79 bits per heavy atom. The Hall–Kier alpha value is -1.61. The van der Waals surface area contributed by atoms with Gasteiger partial charge in [0.05, 0.1) is 7.11 Å². The van der Waals surface area contributed by atoms with Gasteiger partial charge in [-0.15, -0.1) is 0 Å². The third-order valence-corrected chi connectivity index (χ3v) is 1.85. The topological polar surface area (TPSA) is 52.3 Å². The molecule has 1 aromatic carbocycles. The first-order chi connectivity index (χ1) is 6.81. The number of hydrogen-bond acceptors (Lipinski definition) is 3. The summed E-state index contributed by atoms with van der Waals surface area (Å²) in [4.78, 5) is 10.7. The van der Waals surface area contributed by atoms with Crippen molar-refractivity contribution < 1.29 is 9.53 Å². The molecule has 0 radical (unpaired) electrons. The fourth-order valence-electron chi connectivity index (χ4n) is 1.13. The molecule has 0 saturated carbocycles. The summed E-state index contributed by atoms with van der Waals surface area (Å²) >= 11 is 0. The maximum absolute atomic E-state index is 10.7. The minimum Gasteiger partial charge on any atom is -0.497 e. The second-order valence-corrected chi connectivity index (χ2v) is 2.75. The number of ether oxygens (including phenoxy) is 1. The van der Waals surface area contributed by atoms with Crippen LogP contribution in [0.5, 0.6) is 5.75 Å². The first kappa shape index (κ1) is 10.5. The molecule has 0 amide bonds. The van der Waals surface area contributed by atoms with Crippen LogP contribution in [0, 0.1) is 0 Å². The molecule has 0 aliphatic heterocycles. The molecule has 0 fully saturated rings. The van der Waals surface area contributed by atoms with Crippen LogP contribution >= 0.6 is 0 Å². The summed E-state index contributed by atoms with van der Waals surface area (Å²) in [5.74, 6) is 0.678. The number of carbonyl (C=O) groups is 1. The molecule has 1 rings (SSSR count). The van der Waals surface area contributed by atoms with E-state index < -0.39 is 0 Å². The summed E-state index contributed by atoms with van der Waals surface area (Å²) in [6, 6.07) is 5.33. The van der Waals surface area contributed by atoms with E-state index in [0.29, 0.717) is 17.9 Å². The van der Waals surface area contributed by atoms with Crippen LogP contribution in [-0.2, 0) is 0 Å². The lowest BCUT2D eigenvalue weighted by Crippen LogP contribution is -1.93. The highest BCUT2D eigenvalue weighted by Crippen LogP contribution is 2.17. The molecule has 0 bridgehead atoms. The Morgan fingerprint density at radius 1 is 1.43 bits per heavy atom. The summed E-state index contributed by atoms with van der Waals surface area (Å²) in [7, 11) is 1.57. The lowest BCUT2D eigenvalue weighted by atomic mass is 10.1. The molecule has 14 heavy (non-hydrogen) atoms. The van der Waals surface area contributed by atoms with Gasteiger partial charge in [0.1, 0.15) is 5.75 Å². The normalized spacial score (nSPS) is 10.4. The zero-order valence-corrected chi connectivity index (χ0v) is 8.07. The third kappa shape index (κ3) is 2.44. The van der Waals surface area contributed by atoms with Crippen molar-refractivity contribution in [3.8, 4) is 5.75 Å². The Balaban J connectivity index is 3.05. The van der Waals surface area contributed by atoms with Gasteiger partial charge in [-0.2, -0.15) is 0 Å². The van der Waals surface area contributed by atoms with Crippen molar-refractivity contribution >= 4 is 12.4 Å². The Bertz CT molecular complexity index is 345. The zero-order chi connectivity index (χ0) is 10.4.